The third-order valence-corrected chi connectivity index (χ3v) is 2.97. The number of rotatable bonds is 4. The number of aliphatic hydroxyl groups is 1. The Kier molecular flexibility index (Phi) is 3.64. The summed E-state index contributed by atoms with van der Waals surface area (Å²) in [7, 11) is 0. The summed E-state index contributed by atoms with van der Waals surface area (Å²) in [4.78, 5) is 0. The number of aryl methyl sites for hydroxylation is 1. The summed E-state index contributed by atoms with van der Waals surface area (Å²) in [6.07, 6.45) is 0.688. The Hall–Kier alpha value is -1.54. The van der Waals surface area contributed by atoms with Crippen LogP contribution in [0.1, 0.15) is 18.9 Å². The van der Waals surface area contributed by atoms with Gasteiger partial charge in [0, 0.05) is 18.4 Å². The molecule has 0 aliphatic heterocycles. The van der Waals surface area contributed by atoms with E-state index in [4.69, 9.17) is 9.84 Å². The second-order valence-corrected chi connectivity index (χ2v) is 4.37. The number of hydrogen-bond donors (Lipinski definition) is 1. The molecule has 2 aromatic rings. The van der Waals surface area contributed by atoms with Crippen LogP contribution in [-0.4, -0.2) is 17.8 Å². The van der Waals surface area contributed by atoms with Gasteiger partial charge in [-0.3, -0.25) is 0 Å². The van der Waals surface area contributed by atoms with E-state index in [0.29, 0.717) is 6.42 Å². The number of fused-ring (bicyclic) bond motifs is 1. The minimum Gasteiger partial charge on any atom is -0.490 e. The van der Waals surface area contributed by atoms with Crippen molar-refractivity contribution in [2.45, 2.75) is 26.4 Å². The number of aliphatic hydroxyl groups excluding tert-OH is 1. The van der Waals surface area contributed by atoms with Gasteiger partial charge in [0.05, 0.1) is 6.10 Å². The second kappa shape index (κ2) is 5.19. The molecule has 0 saturated carbocycles. The van der Waals surface area contributed by atoms with Gasteiger partial charge in [0.25, 0.3) is 0 Å². The average molecular weight is 230 g/mol. The minimum absolute atomic E-state index is 0.0334. The maximum atomic E-state index is 8.89. The molecule has 0 spiro atoms. The van der Waals surface area contributed by atoms with Crippen LogP contribution in [0.15, 0.2) is 36.4 Å². The summed E-state index contributed by atoms with van der Waals surface area (Å²) < 4.78 is 5.86. The summed E-state index contributed by atoms with van der Waals surface area (Å²) in [6.45, 7) is 4.24. The first-order chi connectivity index (χ1) is 8.22. The number of hydrogen-bond acceptors (Lipinski definition) is 2. The van der Waals surface area contributed by atoms with Crippen molar-refractivity contribution in [2.24, 2.45) is 0 Å². The molecule has 0 aliphatic rings. The maximum Gasteiger partial charge on any atom is 0.127 e. The molecule has 2 nitrogen and oxygen atoms in total. The minimum atomic E-state index is 0.0334. The molecule has 2 rings (SSSR count). The van der Waals surface area contributed by atoms with Gasteiger partial charge < -0.3 is 9.84 Å². The van der Waals surface area contributed by atoms with Crippen molar-refractivity contribution >= 4 is 10.8 Å². The largest absolute Gasteiger partial charge is 0.490 e. The van der Waals surface area contributed by atoms with E-state index in [-0.39, 0.29) is 12.7 Å². The van der Waals surface area contributed by atoms with Gasteiger partial charge in [-0.15, -0.1) is 0 Å². The summed E-state index contributed by atoms with van der Waals surface area (Å²) in [5, 5.41) is 11.3. The molecule has 0 heterocycles. The maximum absolute atomic E-state index is 8.89. The summed E-state index contributed by atoms with van der Waals surface area (Å²) >= 11 is 0. The van der Waals surface area contributed by atoms with Crippen LogP contribution in [0.25, 0.3) is 10.8 Å². The molecular weight excluding hydrogens is 212 g/mol. The second-order valence-electron chi connectivity index (χ2n) is 4.37. The van der Waals surface area contributed by atoms with Gasteiger partial charge in [0.1, 0.15) is 5.75 Å². The van der Waals surface area contributed by atoms with Crippen molar-refractivity contribution in [3.8, 4) is 5.75 Å². The van der Waals surface area contributed by atoms with Crippen molar-refractivity contribution in [3.63, 3.8) is 0 Å². The molecule has 90 valence electrons. The van der Waals surface area contributed by atoms with Crippen molar-refractivity contribution in [2.75, 3.05) is 6.61 Å². The van der Waals surface area contributed by atoms with E-state index in [2.05, 4.69) is 25.1 Å². The highest BCUT2D eigenvalue weighted by atomic mass is 16.5. The van der Waals surface area contributed by atoms with Gasteiger partial charge in [0.15, 0.2) is 0 Å². The van der Waals surface area contributed by atoms with Crippen LogP contribution in [0, 0.1) is 6.92 Å². The lowest BCUT2D eigenvalue weighted by atomic mass is 10.0. The third-order valence-electron chi connectivity index (χ3n) is 2.97. The standard InChI is InChI=1S/C15H18O2/c1-11-7-8-15(17-12(2)9-10-16)14-6-4-3-5-13(11)14/h3-8,12,16H,9-10H2,1-2H3/t12-/m0/s1. The lowest BCUT2D eigenvalue weighted by molar-refractivity contribution is 0.170. The molecule has 0 bridgehead atoms. The zero-order valence-corrected chi connectivity index (χ0v) is 10.3. The van der Waals surface area contributed by atoms with Crippen LogP contribution in [0.4, 0.5) is 0 Å². The lowest BCUT2D eigenvalue weighted by Crippen LogP contribution is -2.13. The molecular formula is C15H18O2. The SMILES string of the molecule is Cc1ccc(O[C@@H](C)CCO)c2ccccc12. The predicted molar refractivity (Wildman–Crippen MR) is 70.5 cm³/mol. The number of ether oxygens (including phenoxy) is 1. The van der Waals surface area contributed by atoms with Gasteiger partial charge in [-0.1, -0.05) is 30.3 Å². The third kappa shape index (κ3) is 2.59. The summed E-state index contributed by atoms with van der Waals surface area (Å²) in [6, 6.07) is 12.3. The van der Waals surface area contributed by atoms with Crippen LogP contribution in [-0.2, 0) is 0 Å². The fourth-order valence-electron chi connectivity index (χ4n) is 1.98. The molecule has 2 heteroatoms. The molecule has 0 fully saturated rings. The normalized spacial score (nSPS) is 12.6. The van der Waals surface area contributed by atoms with E-state index < -0.39 is 0 Å². The average Bonchev–Trinajstić information content (AvgIpc) is 2.34. The Morgan fingerprint density at radius 2 is 1.82 bits per heavy atom. The molecule has 0 radical (unpaired) electrons. The Morgan fingerprint density at radius 3 is 2.53 bits per heavy atom. The van der Waals surface area contributed by atoms with Crippen LogP contribution in [0.2, 0.25) is 0 Å². The topological polar surface area (TPSA) is 29.5 Å². The zero-order chi connectivity index (χ0) is 12.3. The lowest BCUT2D eigenvalue weighted by Gasteiger charge is -2.16. The first kappa shape index (κ1) is 11.9. The van der Waals surface area contributed by atoms with E-state index in [9.17, 15) is 0 Å². The van der Waals surface area contributed by atoms with E-state index in [1.54, 1.807) is 0 Å². The molecule has 0 aliphatic carbocycles. The fraction of sp³-hybridized carbons (Fsp3) is 0.333. The molecule has 0 saturated heterocycles. The van der Waals surface area contributed by atoms with E-state index in [1.807, 2.05) is 25.1 Å². The quantitative estimate of drug-likeness (QED) is 0.873. The van der Waals surface area contributed by atoms with Gasteiger partial charge in [0.2, 0.25) is 0 Å². The van der Waals surface area contributed by atoms with Crippen molar-refractivity contribution in [3.05, 3.63) is 42.0 Å². The zero-order valence-electron chi connectivity index (χ0n) is 10.3. The summed E-state index contributed by atoms with van der Waals surface area (Å²) in [5.41, 5.74) is 1.25. The first-order valence-electron chi connectivity index (χ1n) is 5.98. The Labute approximate surface area is 102 Å². The Morgan fingerprint density at radius 1 is 1.12 bits per heavy atom. The highest BCUT2D eigenvalue weighted by Crippen LogP contribution is 2.29. The van der Waals surface area contributed by atoms with E-state index >= 15 is 0 Å². The monoisotopic (exact) mass is 230 g/mol. The van der Waals surface area contributed by atoms with Crippen LogP contribution in [0.3, 0.4) is 0 Å². The van der Waals surface area contributed by atoms with Crippen LogP contribution < -0.4 is 4.74 Å². The predicted octanol–water partition coefficient (Wildman–Crippen LogP) is 3.30. The molecule has 17 heavy (non-hydrogen) atoms. The highest BCUT2D eigenvalue weighted by molar-refractivity contribution is 5.90. The van der Waals surface area contributed by atoms with Crippen LogP contribution >= 0.6 is 0 Å². The highest BCUT2D eigenvalue weighted by Gasteiger charge is 2.07. The molecule has 0 aromatic heterocycles. The van der Waals surface area contributed by atoms with Crippen molar-refractivity contribution < 1.29 is 9.84 Å². The van der Waals surface area contributed by atoms with Gasteiger partial charge in [-0.25, -0.2) is 0 Å². The van der Waals surface area contributed by atoms with Gasteiger partial charge >= 0.3 is 0 Å². The molecule has 0 amide bonds. The summed E-state index contributed by atoms with van der Waals surface area (Å²) in [5.74, 6) is 0.896. The Balaban J connectivity index is 2.38. The van der Waals surface area contributed by atoms with Gasteiger partial charge in [-0.2, -0.15) is 0 Å². The van der Waals surface area contributed by atoms with E-state index in [0.717, 1.165) is 11.1 Å². The van der Waals surface area contributed by atoms with Gasteiger partial charge in [-0.05, 0) is 30.9 Å². The smallest absolute Gasteiger partial charge is 0.127 e. The van der Waals surface area contributed by atoms with Crippen molar-refractivity contribution in [1.82, 2.24) is 0 Å². The first-order valence-corrected chi connectivity index (χ1v) is 5.98. The molecule has 1 N–H and O–H groups in total. The van der Waals surface area contributed by atoms with Crippen molar-refractivity contribution in [1.29, 1.82) is 0 Å². The van der Waals surface area contributed by atoms with E-state index in [1.165, 1.54) is 10.9 Å². The van der Waals surface area contributed by atoms with Crippen LogP contribution in [0.5, 0.6) is 5.75 Å². The molecule has 1 atom stereocenters. The molecule has 0 unspecified atom stereocenters. The molecule has 2 aromatic carbocycles. The fourth-order valence-corrected chi connectivity index (χ4v) is 1.98. The number of benzene rings is 2. The Bertz CT molecular complexity index is 505.